The van der Waals surface area contributed by atoms with E-state index in [1.807, 2.05) is 19.1 Å². The van der Waals surface area contributed by atoms with Gasteiger partial charge >= 0.3 is 5.97 Å². The topological polar surface area (TPSA) is 160 Å². The minimum absolute atomic E-state index is 0.0144. The maximum absolute atomic E-state index is 13.6. The van der Waals surface area contributed by atoms with Crippen LogP contribution in [0.1, 0.15) is 58.6 Å². The number of furan rings is 1. The molecule has 3 amide bonds. The zero-order valence-electron chi connectivity index (χ0n) is 23.4. The zero-order valence-corrected chi connectivity index (χ0v) is 23.4. The van der Waals surface area contributed by atoms with Gasteiger partial charge in [-0.25, -0.2) is 9.79 Å². The maximum Gasteiger partial charge on any atom is 0.356 e. The molecule has 0 spiro atoms. The van der Waals surface area contributed by atoms with Crippen molar-refractivity contribution in [1.82, 2.24) is 15.1 Å². The third kappa shape index (κ3) is 6.77. The molecule has 5 rings (SSSR count). The molecule has 3 heterocycles. The average molecular weight is 575 g/mol. The van der Waals surface area contributed by atoms with Gasteiger partial charge in [0, 0.05) is 36.3 Å². The average Bonchev–Trinajstić information content (AvgIpc) is 3.63. The summed E-state index contributed by atoms with van der Waals surface area (Å²) in [6.07, 6.45) is 3.90. The molecule has 2 aliphatic heterocycles. The van der Waals surface area contributed by atoms with Crippen LogP contribution in [-0.4, -0.2) is 71.7 Å². The largest absolute Gasteiger partial charge is 0.461 e. The van der Waals surface area contributed by atoms with Gasteiger partial charge in [0.05, 0.1) is 12.1 Å². The number of likely N-dealkylation sites (tertiary alicyclic amines) is 2. The Balaban J connectivity index is 1.41. The number of rotatable bonds is 6. The number of fused-ring (bicyclic) bond motifs is 1. The summed E-state index contributed by atoms with van der Waals surface area (Å²) in [4.78, 5) is 63.9. The first kappa shape index (κ1) is 28.8. The lowest BCUT2D eigenvalue weighted by molar-refractivity contribution is -0.140. The third-order valence-corrected chi connectivity index (χ3v) is 7.42. The number of nitrogens with two attached hydrogens (primary N) is 1. The van der Waals surface area contributed by atoms with Crippen LogP contribution in [0.5, 0.6) is 0 Å². The lowest BCUT2D eigenvalue weighted by atomic mass is 10.1. The van der Waals surface area contributed by atoms with Crippen LogP contribution in [0.4, 0.5) is 5.69 Å². The summed E-state index contributed by atoms with van der Waals surface area (Å²) in [5.74, 6) is 4.14. The van der Waals surface area contributed by atoms with Gasteiger partial charge in [-0.3, -0.25) is 19.7 Å². The van der Waals surface area contributed by atoms with E-state index in [2.05, 4.69) is 20.5 Å². The van der Waals surface area contributed by atoms with Crippen molar-refractivity contribution in [3.8, 4) is 0 Å². The highest BCUT2D eigenvalue weighted by Crippen LogP contribution is 2.23. The summed E-state index contributed by atoms with van der Waals surface area (Å²) >= 11 is 0. The van der Waals surface area contributed by atoms with E-state index in [-0.39, 0.29) is 35.4 Å². The number of carbonyl (C=O) groups is 4. The van der Waals surface area contributed by atoms with E-state index in [0.29, 0.717) is 37.3 Å². The van der Waals surface area contributed by atoms with Crippen LogP contribution < -0.4 is 16.5 Å². The number of hydrogen-bond donors (Lipinski definition) is 3. The second-order valence-corrected chi connectivity index (χ2v) is 10.5. The van der Waals surface area contributed by atoms with E-state index in [4.69, 9.17) is 10.3 Å². The maximum atomic E-state index is 13.6. The zero-order chi connectivity index (χ0) is 29.6. The molecule has 4 N–H and O–H groups in total. The number of hydrogen-bond acceptors (Lipinski definition) is 8. The molecule has 0 unspecified atom stereocenters. The molecular formula is C30H34N6O6. The highest BCUT2D eigenvalue weighted by Gasteiger charge is 2.30. The minimum Gasteiger partial charge on any atom is -0.461 e. The molecule has 0 aliphatic carbocycles. The van der Waals surface area contributed by atoms with Gasteiger partial charge in [0.25, 0.3) is 5.91 Å². The molecule has 2 fully saturated rings. The number of benzene rings is 2. The second kappa shape index (κ2) is 12.9. The van der Waals surface area contributed by atoms with E-state index in [0.717, 1.165) is 36.8 Å². The number of anilines is 1. The molecule has 42 heavy (non-hydrogen) atoms. The molecule has 0 radical (unpaired) electrons. The second-order valence-electron chi connectivity index (χ2n) is 10.5. The van der Waals surface area contributed by atoms with Crippen LogP contribution in [0.15, 0.2) is 57.9 Å². The Labute approximate surface area is 242 Å². The number of guanidine groups is 1. The van der Waals surface area contributed by atoms with Crippen LogP contribution in [0.3, 0.4) is 0 Å². The molecule has 0 saturated carbocycles. The molecule has 12 nitrogen and oxygen atoms in total. The van der Waals surface area contributed by atoms with Gasteiger partial charge in [0.2, 0.25) is 17.8 Å². The van der Waals surface area contributed by atoms with Crippen molar-refractivity contribution in [3.05, 3.63) is 65.4 Å². The fourth-order valence-corrected chi connectivity index (χ4v) is 5.27. The van der Waals surface area contributed by atoms with Crippen LogP contribution in [0.25, 0.3) is 11.0 Å². The first-order valence-electron chi connectivity index (χ1n) is 14.0. The smallest absolute Gasteiger partial charge is 0.356 e. The Bertz CT molecular complexity index is 1530. The van der Waals surface area contributed by atoms with Gasteiger partial charge in [-0.2, -0.15) is 5.90 Å². The predicted octanol–water partition coefficient (Wildman–Crippen LogP) is 2.97. The monoisotopic (exact) mass is 574 g/mol. The Morgan fingerprint density at radius 1 is 1.02 bits per heavy atom. The van der Waals surface area contributed by atoms with Crippen LogP contribution in [-0.2, 0) is 14.4 Å². The van der Waals surface area contributed by atoms with Crippen LogP contribution in [0, 0.1) is 6.92 Å². The van der Waals surface area contributed by atoms with Crippen molar-refractivity contribution in [2.75, 3.05) is 31.5 Å². The SMILES string of the molecule is Cc1cc2cc(NC(=N[C@H]3CCCCN(CC(=O)N4CCCC4)C3=O)NC(=O)c3cccc(C(=O)ON)c3)ccc2o1. The number of amides is 3. The van der Waals surface area contributed by atoms with Crippen LogP contribution in [0.2, 0.25) is 0 Å². The van der Waals surface area contributed by atoms with Crippen molar-refractivity contribution in [3.63, 3.8) is 0 Å². The highest BCUT2D eigenvalue weighted by atomic mass is 16.7. The Kier molecular flexibility index (Phi) is 8.82. The van der Waals surface area contributed by atoms with E-state index in [1.165, 1.54) is 24.3 Å². The van der Waals surface area contributed by atoms with E-state index >= 15 is 0 Å². The number of nitrogens with zero attached hydrogens (tertiary/aromatic N) is 3. The Hall–Kier alpha value is -4.71. The Morgan fingerprint density at radius 3 is 2.57 bits per heavy atom. The summed E-state index contributed by atoms with van der Waals surface area (Å²) in [6, 6.07) is 12.4. The van der Waals surface area contributed by atoms with Gasteiger partial charge in [-0.05, 0) is 81.5 Å². The molecule has 0 bridgehead atoms. The van der Waals surface area contributed by atoms with Crippen molar-refractivity contribution in [2.24, 2.45) is 10.9 Å². The third-order valence-electron chi connectivity index (χ3n) is 7.42. The number of carbonyl (C=O) groups excluding carboxylic acids is 4. The van der Waals surface area contributed by atoms with Gasteiger partial charge in [-0.1, -0.05) is 6.07 Å². The van der Waals surface area contributed by atoms with Gasteiger partial charge in [0.15, 0.2) is 0 Å². The lowest BCUT2D eigenvalue weighted by Crippen LogP contribution is -2.45. The summed E-state index contributed by atoms with van der Waals surface area (Å²) < 4.78 is 5.66. The molecule has 2 aromatic carbocycles. The van der Waals surface area contributed by atoms with Gasteiger partial charge in [-0.15, -0.1) is 0 Å². The van der Waals surface area contributed by atoms with Crippen LogP contribution >= 0.6 is 0 Å². The fourth-order valence-electron chi connectivity index (χ4n) is 5.27. The van der Waals surface area contributed by atoms with Crippen molar-refractivity contribution in [2.45, 2.75) is 45.1 Å². The summed E-state index contributed by atoms with van der Waals surface area (Å²) in [5.41, 5.74) is 1.60. The summed E-state index contributed by atoms with van der Waals surface area (Å²) in [6.45, 7) is 3.77. The molecule has 220 valence electrons. The molecule has 3 aromatic rings. The van der Waals surface area contributed by atoms with Crippen molar-refractivity contribution in [1.29, 1.82) is 0 Å². The molecule has 2 saturated heterocycles. The quantitative estimate of drug-likeness (QED) is 0.230. The number of nitrogens with one attached hydrogen (secondary N) is 2. The number of aryl methyl sites for hydroxylation is 1. The molecule has 1 atom stereocenters. The van der Waals surface area contributed by atoms with Crippen molar-refractivity contribution < 1.29 is 28.4 Å². The van der Waals surface area contributed by atoms with Gasteiger partial charge in [0.1, 0.15) is 17.4 Å². The number of aliphatic imine (C=N–C) groups is 1. The first-order chi connectivity index (χ1) is 20.3. The summed E-state index contributed by atoms with van der Waals surface area (Å²) in [5, 5.41) is 6.75. The first-order valence-corrected chi connectivity index (χ1v) is 14.0. The predicted molar refractivity (Wildman–Crippen MR) is 156 cm³/mol. The molecule has 12 heteroatoms. The lowest BCUT2D eigenvalue weighted by Gasteiger charge is -2.25. The Morgan fingerprint density at radius 2 is 1.79 bits per heavy atom. The van der Waals surface area contributed by atoms with Crippen molar-refractivity contribution >= 4 is 46.3 Å². The standard InChI is InChI=1S/C30H34N6O6/c1-19-15-22-17-23(10-11-25(22)41-19)32-30(34-27(38)20-7-6-8-21(16-20)29(40)42-31)33-24-9-2-3-14-36(28(24)39)18-26(37)35-12-4-5-13-35/h6-8,10-11,15-17,24H,2-5,9,12-14,18,31H2,1H3,(H2,32,33,34,38)/t24-/m0/s1. The molecule has 1 aromatic heterocycles. The van der Waals surface area contributed by atoms with E-state index < -0.39 is 17.9 Å². The molecular weight excluding hydrogens is 540 g/mol. The van der Waals surface area contributed by atoms with E-state index in [1.54, 1.807) is 21.9 Å². The van der Waals surface area contributed by atoms with Gasteiger partial charge < -0.3 is 24.4 Å². The van der Waals surface area contributed by atoms with E-state index in [9.17, 15) is 19.2 Å². The molecule has 2 aliphatic rings. The normalized spacial score (nSPS) is 17.7. The highest BCUT2D eigenvalue weighted by molar-refractivity contribution is 6.11. The fraction of sp³-hybridized carbons (Fsp3) is 0.367. The minimum atomic E-state index is -0.805. The summed E-state index contributed by atoms with van der Waals surface area (Å²) in [7, 11) is 0.